The summed E-state index contributed by atoms with van der Waals surface area (Å²) in [6, 6.07) is 19.7. The molecule has 0 aliphatic rings. The normalized spacial score (nSPS) is 9.92. The first-order chi connectivity index (χ1) is 6.36. The van der Waals surface area contributed by atoms with E-state index in [-0.39, 0.29) is 0 Å². The fourth-order valence-corrected chi connectivity index (χ4v) is 1.33. The Morgan fingerprint density at radius 1 is 0.923 bits per heavy atom. The summed E-state index contributed by atoms with van der Waals surface area (Å²) in [5.74, 6) is 0. The van der Waals surface area contributed by atoms with Crippen LogP contribution in [0.3, 0.4) is 0 Å². The molecule has 0 unspecified atom stereocenters. The maximum atomic E-state index is 5.83. The molecule has 0 fully saturated rings. The molecule has 62 valence electrons. The van der Waals surface area contributed by atoms with E-state index in [1.807, 2.05) is 42.5 Å². The minimum absolute atomic E-state index is 0.634. The second kappa shape index (κ2) is 3.63. The largest absolute Gasteiger partial charge is 0.0836 e. The summed E-state index contributed by atoms with van der Waals surface area (Å²) in [5.41, 5.74) is 2.00. The zero-order valence-electron chi connectivity index (χ0n) is 6.92. The first-order valence-corrected chi connectivity index (χ1v) is 4.39. The molecule has 0 aromatic heterocycles. The van der Waals surface area contributed by atoms with Crippen LogP contribution in [0.25, 0.3) is 11.1 Å². The van der Waals surface area contributed by atoms with Crippen LogP contribution < -0.4 is 0 Å². The van der Waals surface area contributed by atoms with Gasteiger partial charge in [0.1, 0.15) is 0 Å². The van der Waals surface area contributed by atoms with Crippen molar-refractivity contribution in [1.82, 2.24) is 0 Å². The number of benzene rings is 2. The molecule has 2 rings (SSSR count). The van der Waals surface area contributed by atoms with Crippen molar-refractivity contribution in [1.29, 1.82) is 0 Å². The number of hydrogen-bond acceptors (Lipinski definition) is 0. The zero-order chi connectivity index (χ0) is 9.10. The van der Waals surface area contributed by atoms with E-state index in [0.29, 0.717) is 5.02 Å². The van der Waals surface area contributed by atoms with Crippen molar-refractivity contribution in [3.05, 3.63) is 59.6 Å². The number of rotatable bonds is 1. The molecule has 2 aromatic carbocycles. The van der Waals surface area contributed by atoms with Gasteiger partial charge in [-0.1, -0.05) is 48.0 Å². The highest BCUT2D eigenvalue weighted by atomic mass is 35.5. The minimum atomic E-state index is 0.634. The Morgan fingerprint density at radius 2 is 1.77 bits per heavy atom. The van der Waals surface area contributed by atoms with E-state index in [0.717, 1.165) is 11.1 Å². The molecule has 2 radical (unpaired) electrons. The summed E-state index contributed by atoms with van der Waals surface area (Å²) in [6.45, 7) is 0. The van der Waals surface area contributed by atoms with E-state index in [4.69, 9.17) is 11.6 Å². The topological polar surface area (TPSA) is 0 Å². The molecule has 0 heterocycles. The Balaban J connectivity index is 2.48. The van der Waals surface area contributed by atoms with Gasteiger partial charge in [-0.05, 0) is 23.3 Å². The second-order valence-electron chi connectivity index (χ2n) is 2.69. The first kappa shape index (κ1) is 8.33. The summed E-state index contributed by atoms with van der Waals surface area (Å²) in [5, 5.41) is 0.634. The fraction of sp³-hybridized carbons (Fsp3) is 0. The van der Waals surface area contributed by atoms with E-state index >= 15 is 0 Å². The highest BCUT2D eigenvalue weighted by Gasteiger charge is 1.96. The quantitative estimate of drug-likeness (QED) is 0.638. The van der Waals surface area contributed by atoms with Gasteiger partial charge in [-0.2, -0.15) is 0 Å². The lowest BCUT2D eigenvalue weighted by atomic mass is 10.1. The van der Waals surface area contributed by atoms with E-state index in [1.54, 1.807) is 0 Å². The van der Waals surface area contributed by atoms with Crippen molar-refractivity contribution in [2.24, 2.45) is 0 Å². The van der Waals surface area contributed by atoms with Crippen LogP contribution in [0.5, 0.6) is 0 Å². The molecule has 0 spiro atoms. The fourth-order valence-electron chi connectivity index (χ4n) is 1.16. The monoisotopic (exact) mass is 186 g/mol. The van der Waals surface area contributed by atoms with Crippen molar-refractivity contribution in [2.75, 3.05) is 0 Å². The molecule has 0 saturated heterocycles. The molecule has 0 bridgehead atoms. The van der Waals surface area contributed by atoms with E-state index in [2.05, 4.69) is 12.1 Å². The highest BCUT2D eigenvalue weighted by Crippen LogP contribution is 2.20. The summed E-state index contributed by atoms with van der Waals surface area (Å²) in [4.78, 5) is 0. The predicted molar refractivity (Wildman–Crippen MR) is 54.6 cm³/mol. The maximum Gasteiger partial charge on any atom is 0.0491 e. The third kappa shape index (κ3) is 1.90. The smallest absolute Gasteiger partial charge is 0.0491 e. The average molecular weight is 187 g/mol. The van der Waals surface area contributed by atoms with Gasteiger partial charge in [0, 0.05) is 11.1 Å². The van der Waals surface area contributed by atoms with Crippen LogP contribution in [0.15, 0.2) is 42.5 Å². The first-order valence-electron chi connectivity index (χ1n) is 4.01. The predicted octanol–water partition coefficient (Wildman–Crippen LogP) is 3.61. The molecule has 0 saturated carbocycles. The van der Waals surface area contributed by atoms with E-state index < -0.39 is 0 Å². The Labute approximate surface area is 82.8 Å². The van der Waals surface area contributed by atoms with Crippen LogP contribution in [0.1, 0.15) is 0 Å². The van der Waals surface area contributed by atoms with Crippen LogP contribution in [0.4, 0.5) is 0 Å². The van der Waals surface area contributed by atoms with Crippen LogP contribution >= 0.6 is 11.6 Å². The van der Waals surface area contributed by atoms with Gasteiger partial charge < -0.3 is 0 Å². The molecular weight excluding hydrogens is 180 g/mol. The van der Waals surface area contributed by atoms with Gasteiger partial charge in [-0.3, -0.25) is 0 Å². The SMILES string of the molecule is Clc1[c]c(-c2[c]cccc2)ccc1. The summed E-state index contributed by atoms with van der Waals surface area (Å²) >= 11 is 5.83. The Bertz CT molecular complexity index is 393. The number of halogens is 1. The Morgan fingerprint density at radius 3 is 2.46 bits per heavy atom. The molecule has 0 atom stereocenters. The lowest BCUT2D eigenvalue weighted by Gasteiger charge is -1.99. The molecule has 0 aliphatic heterocycles. The molecule has 0 amide bonds. The molecule has 2 aromatic rings. The molecule has 0 aliphatic carbocycles. The third-order valence-electron chi connectivity index (χ3n) is 1.76. The Kier molecular flexibility index (Phi) is 2.33. The van der Waals surface area contributed by atoms with Crippen LogP contribution in [-0.4, -0.2) is 0 Å². The standard InChI is InChI=1S/C12H7Cl/c13-12-8-4-7-11(9-12)10-5-2-1-3-6-10/h1-5,7-8H. The lowest BCUT2D eigenvalue weighted by molar-refractivity contribution is 1.60. The summed E-state index contributed by atoms with van der Waals surface area (Å²) < 4.78 is 0. The molecule has 13 heavy (non-hydrogen) atoms. The van der Waals surface area contributed by atoms with Gasteiger partial charge in [0.15, 0.2) is 0 Å². The van der Waals surface area contributed by atoms with Crippen LogP contribution in [0, 0.1) is 12.1 Å². The van der Waals surface area contributed by atoms with Crippen LogP contribution in [0.2, 0.25) is 5.02 Å². The molecule has 0 N–H and O–H groups in total. The van der Waals surface area contributed by atoms with Crippen molar-refractivity contribution in [2.45, 2.75) is 0 Å². The molecule has 0 nitrogen and oxygen atoms in total. The zero-order valence-corrected chi connectivity index (χ0v) is 7.68. The van der Waals surface area contributed by atoms with E-state index in [1.165, 1.54) is 0 Å². The van der Waals surface area contributed by atoms with Crippen molar-refractivity contribution >= 4 is 11.6 Å². The lowest BCUT2D eigenvalue weighted by Crippen LogP contribution is -1.76. The second-order valence-corrected chi connectivity index (χ2v) is 3.10. The van der Waals surface area contributed by atoms with Gasteiger partial charge in [-0.15, -0.1) is 0 Å². The van der Waals surface area contributed by atoms with Gasteiger partial charge >= 0.3 is 0 Å². The van der Waals surface area contributed by atoms with Crippen LogP contribution in [-0.2, 0) is 0 Å². The number of hydrogen-bond donors (Lipinski definition) is 0. The maximum absolute atomic E-state index is 5.83. The van der Waals surface area contributed by atoms with E-state index in [9.17, 15) is 0 Å². The van der Waals surface area contributed by atoms with Gasteiger partial charge in [0.05, 0.1) is 0 Å². The van der Waals surface area contributed by atoms with Gasteiger partial charge in [0.25, 0.3) is 0 Å². The van der Waals surface area contributed by atoms with Crippen molar-refractivity contribution in [3.63, 3.8) is 0 Å². The van der Waals surface area contributed by atoms with Crippen molar-refractivity contribution in [3.8, 4) is 11.1 Å². The third-order valence-corrected chi connectivity index (χ3v) is 1.98. The molecule has 1 heteroatoms. The highest BCUT2D eigenvalue weighted by molar-refractivity contribution is 6.30. The minimum Gasteiger partial charge on any atom is -0.0836 e. The molecular formula is C12H7Cl. The summed E-state index contributed by atoms with van der Waals surface area (Å²) in [7, 11) is 0. The average Bonchev–Trinajstić information content (AvgIpc) is 2.19. The van der Waals surface area contributed by atoms with Crippen molar-refractivity contribution < 1.29 is 0 Å². The van der Waals surface area contributed by atoms with Gasteiger partial charge in [-0.25, -0.2) is 0 Å². The summed E-state index contributed by atoms with van der Waals surface area (Å²) in [6.07, 6.45) is 0. The Hall–Kier alpha value is -1.27. The van der Waals surface area contributed by atoms with Gasteiger partial charge in [0.2, 0.25) is 0 Å².